The summed E-state index contributed by atoms with van der Waals surface area (Å²) < 4.78 is 0. The van der Waals surface area contributed by atoms with Gasteiger partial charge in [0.15, 0.2) is 0 Å². The number of quaternary nitrogens is 2. The van der Waals surface area contributed by atoms with Gasteiger partial charge in [-0.15, -0.1) is 0 Å². The molecule has 4 heteroatoms. The standard InChI is InChI=1S/C19H20ClN3/c20-19-6-2-5-18(12-19)15-23-9-7-22(8-10-23)14-17-4-1-3-16(11-17)13-21/h1-6,11-12H,7-10,14-15H2/p+2. The van der Waals surface area contributed by atoms with Crippen molar-refractivity contribution in [2.75, 3.05) is 26.2 Å². The molecule has 2 aromatic rings. The summed E-state index contributed by atoms with van der Waals surface area (Å²) in [6.45, 7) is 6.77. The smallest absolute Gasteiger partial charge is 0.127 e. The predicted molar refractivity (Wildman–Crippen MR) is 91.4 cm³/mol. The van der Waals surface area contributed by atoms with E-state index in [0.29, 0.717) is 0 Å². The van der Waals surface area contributed by atoms with Gasteiger partial charge in [-0.1, -0.05) is 35.9 Å². The molecule has 1 heterocycles. The third-order valence-corrected chi connectivity index (χ3v) is 4.75. The largest absolute Gasteiger partial charge is 0.322 e. The lowest BCUT2D eigenvalue weighted by molar-refractivity contribution is -1.02. The van der Waals surface area contributed by atoms with Crippen LogP contribution in [0.5, 0.6) is 0 Å². The van der Waals surface area contributed by atoms with Crippen LogP contribution < -0.4 is 9.80 Å². The molecule has 23 heavy (non-hydrogen) atoms. The first-order chi connectivity index (χ1) is 11.2. The second-order valence-electron chi connectivity index (χ2n) is 6.30. The van der Waals surface area contributed by atoms with Gasteiger partial charge in [-0.3, -0.25) is 0 Å². The Morgan fingerprint density at radius 2 is 1.43 bits per heavy atom. The van der Waals surface area contributed by atoms with Crippen LogP contribution in [0.1, 0.15) is 16.7 Å². The molecule has 3 nitrogen and oxygen atoms in total. The molecule has 0 atom stereocenters. The van der Waals surface area contributed by atoms with Gasteiger partial charge in [0.1, 0.15) is 39.3 Å². The zero-order chi connectivity index (χ0) is 16.1. The first-order valence-electron chi connectivity index (χ1n) is 8.13. The van der Waals surface area contributed by atoms with Crippen LogP contribution in [0.4, 0.5) is 0 Å². The number of rotatable bonds is 4. The number of piperazine rings is 1. The lowest BCUT2D eigenvalue weighted by atomic mass is 10.1. The van der Waals surface area contributed by atoms with Crippen molar-refractivity contribution < 1.29 is 9.80 Å². The second-order valence-corrected chi connectivity index (χ2v) is 6.73. The fraction of sp³-hybridized carbons (Fsp3) is 0.316. The summed E-state index contributed by atoms with van der Waals surface area (Å²) in [6, 6.07) is 18.4. The molecule has 118 valence electrons. The van der Waals surface area contributed by atoms with Gasteiger partial charge in [0.25, 0.3) is 0 Å². The summed E-state index contributed by atoms with van der Waals surface area (Å²) in [4.78, 5) is 3.23. The molecule has 2 aromatic carbocycles. The topological polar surface area (TPSA) is 32.7 Å². The van der Waals surface area contributed by atoms with Crippen LogP contribution in [0.2, 0.25) is 5.02 Å². The Balaban J connectivity index is 1.51. The Bertz CT molecular complexity index is 700. The van der Waals surface area contributed by atoms with Gasteiger partial charge in [0.05, 0.1) is 11.6 Å². The Labute approximate surface area is 142 Å². The molecule has 2 N–H and O–H groups in total. The maximum atomic E-state index is 8.99. The molecule has 0 aromatic heterocycles. The lowest BCUT2D eigenvalue weighted by Gasteiger charge is -2.29. The van der Waals surface area contributed by atoms with E-state index in [1.54, 1.807) is 9.80 Å². The van der Waals surface area contributed by atoms with E-state index in [-0.39, 0.29) is 0 Å². The van der Waals surface area contributed by atoms with E-state index in [1.807, 2.05) is 30.3 Å². The molecule has 3 rings (SSSR count). The van der Waals surface area contributed by atoms with Crippen LogP contribution in [0.3, 0.4) is 0 Å². The van der Waals surface area contributed by atoms with Crippen LogP contribution in [-0.2, 0) is 13.1 Å². The maximum Gasteiger partial charge on any atom is 0.127 e. The van der Waals surface area contributed by atoms with E-state index < -0.39 is 0 Å². The minimum atomic E-state index is 0.757. The molecule has 1 aliphatic rings. The maximum absolute atomic E-state index is 8.99. The minimum Gasteiger partial charge on any atom is -0.322 e. The zero-order valence-electron chi connectivity index (χ0n) is 13.2. The van der Waals surface area contributed by atoms with Crippen LogP contribution in [-0.4, -0.2) is 26.2 Å². The van der Waals surface area contributed by atoms with Crippen LogP contribution in [0.15, 0.2) is 48.5 Å². The zero-order valence-corrected chi connectivity index (χ0v) is 13.9. The van der Waals surface area contributed by atoms with Crippen molar-refractivity contribution in [1.82, 2.24) is 0 Å². The number of hydrogen-bond donors (Lipinski definition) is 2. The molecule has 1 fully saturated rings. The van der Waals surface area contributed by atoms with Gasteiger partial charge in [-0.05, 0) is 24.3 Å². The third kappa shape index (κ3) is 4.56. The van der Waals surface area contributed by atoms with Gasteiger partial charge in [-0.25, -0.2) is 0 Å². The Morgan fingerprint density at radius 1 is 0.870 bits per heavy atom. The fourth-order valence-corrected chi connectivity index (χ4v) is 3.50. The highest BCUT2D eigenvalue weighted by Gasteiger charge is 2.23. The highest BCUT2D eigenvalue weighted by molar-refractivity contribution is 6.30. The third-order valence-electron chi connectivity index (χ3n) is 4.52. The summed E-state index contributed by atoms with van der Waals surface area (Å²) in [5.41, 5.74) is 3.34. The average Bonchev–Trinajstić information content (AvgIpc) is 2.57. The van der Waals surface area contributed by atoms with Gasteiger partial charge in [-0.2, -0.15) is 5.26 Å². The summed E-state index contributed by atoms with van der Waals surface area (Å²) in [7, 11) is 0. The SMILES string of the molecule is N#Cc1cccc(C[NH+]2CC[NH+](Cc3cccc(Cl)c3)CC2)c1. The quantitative estimate of drug-likeness (QED) is 0.851. The van der Waals surface area contributed by atoms with Gasteiger partial charge < -0.3 is 9.80 Å². The summed E-state index contributed by atoms with van der Waals surface area (Å²) in [6.07, 6.45) is 0. The summed E-state index contributed by atoms with van der Waals surface area (Å²) in [5.74, 6) is 0. The van der Waals surface area contributed by atoms with Crippen molar-refractivity contribution in [2.45, 2.75) is 13.1 Å². The Kier molecular flexibility index (Phi) is 5.30. The van der Waals surface area contributed by atoms with Gasteiger partial charge >= 0.3 is 0 Å². The normalized spacial score (nSPS) is 20.9. The van der Waals surface area contributed by atoms with Crippen LogP contribution in [0.25, 0.3) is 0 Å². The number of nitrogens with one attached hydrogen (secondary N) is 2. The number of nitrogens with zero attached hydrogens (tertiary/aromatic N) is 1. The van der Waals surface area contributed by atoms with Gasteiger partial charge in [0, 0.05) is 16.1 Å². The van der Waals surface area contributed by atoms with E-state index in [1.165, 1.54) is 37.3 Å². The number of benzene rings is 2. The van der Waals surface area contributed by atoms with E-state index in [0.717, 1.165) is 23.7 Å². The predicted octanol–water partition coefficient (Wildman–Crippen LogP) is 0.695. The highest BCUT2D eigenvalue weighted by Crippen LogP contribution is 2.09. The first kappa shape index (κ1) is 16.0. The Hall–Kier alpha value is -1.86. The van der Waals surface area contributed by atoms with Crippen molar-refractivity contribution >= 4 is 11.6 Å². The molecule has 0 aliphatic carbocycles. The molecule has 1 saturated heterocycles. The second kappa shape index (κ2) is 7.61. The molecule has 1 aliphatic heterocycles. The molecule has 0 radical (unpaired) electrons. The van der Waals surface area contributed by atoms with Gasteiger partial charge in [0.2, 0.25) is 0 Å². The molecule has 0 amide bonds. The first-order valence-corrected chi connectivity index (χ1v) is 8.51. The average molecular weight is 328 g/mol. The van der Waals surface area contributed by atoms with Crippen molar-refractivity contribution in [1.29, 1.82) is 5.26 Å². The summed E-state index contributed by atoms with van der Waals surface area (Å²) in [5, 5.41) is 9.82. The van der Waals surface area contributed by atoms with E-state index in [9.17, 15) is 0 Å². The van der Waals surface area contributed by atoms with E-state index in [2.05, 4.69) is 24.3 Å². The van der Waals surface area contributed by atoms with Crippen LogP contribution in [0, 0.1) is 11.3 Å². The number of nitriles is 1. The molecule has 0 bridgehead atoms. The number of halogens is 1. The molecule has 0 saturated carbocycles. The minimum absolute atomic E-state index is 0.757. The molecular formula is C19H22ClN3+2. The van der Waals surface area contributed by atoms with E-state index >= 15 is 0 Å². The van der Waals surface area contributed by atoms with Crippen molar-refractivity contribution in [2.24, 2.45) is 0 Å². The number of hydrogen-bond acceptors (Lipinski definition) is 1. The van der Waals surface area contributed by atoms with Crippen LogP contribution >= 0.6 is 11.6 Å². The fourth-order valence-electron chi connectivity index (χ4n) is 3.29. The molecule has 0 spiro atoms. The highest BCUT2D eigenvalue weighted by atomic mass is 35.5. The van der Waals surface area contributed by atoms with Crippen molar-refractivity contribution in [3.63, 3.8) is 0 Å². The van der Waals surface area contributed by atoms with E-state index in [4.69, 9.17) is 16.9 Å². The molecule has 0 unspecified atom stereocenters. The summed E-state index contributed by atoms with van der Waals surface area (Å²) >= 11 is 6.06. The lowest BCUT2D eigenvalue weighted by Crippen LogP contribution is -3.27. The van der Waals surface area contributed by atoms with Crippen molar-refractivity contribution in [3.8, 4) is 6.07 Å². The monoisotopic (exact) mass is 327 g/mol. The Morgan fingerprint density at radius 3 is 2.00 bits per heavy atom. The molecular weight excluding hydrogens is 306 g/mol. The van der Waals surface area contributed by atoms with Crippen molar-refractivity contribution in [3.05, 3.63) is 70.2 Å².